The van der Waals surface area contributed by atoms with Gasteiger partial charge in [0.2, 0.25) is 0 Å². The van der Waals surface area contributed by atoms with Crippen molar-refractivity contribution in [2.75, 3.05) is 19.3 Å². The van der Waals surface area contributed by atoms with Crippen LogP contribution in [0.5, 0.6) is 5.75 Å². The largest absolute Gasteiger partial charge is 0.508 e. The number of thioether (sulfide) groups is 1. The van der Waals surface area contributed by atoms with E-state index < -0.39 is 0 Å². The fourth-order valence-corrected chi connectivity index (χ4v) is 3.79. The number of aromatic hydroxyl groups is 1. The minimum Gasteiger partial charge on any atom is -0.508 e. The second kappa shape index (κ2) is 7.74. The van der Waals surface area contributed by atoms with Gasteiger partial charge in [-0.25, -0.2) is 0 Å². The van der Waals surface area contributed by atoms with Gasteiger partial charge in [0.15, 0.2) is 5.78 Å². The van der Waals surface area contributed by atoms with Gasteiger partial charge < -0.3 is 10.0 Å². The number of Topliss-reactive ketones (excluding diaryl/α,β-unsaturated/α-hetero) is 1. The highest BCUT2D eigenvalue weighted by atomic mass is 32.2. The van der Waals surface area contributed by atoms with E-state index in [4.69, 9.17) is 0 Å². The predicted octanol–water partition coefficient (Wildman–Crippen LogP) is 3.85. The van der Waals surface area contributed by atoms with E-state index in [2.05, 4.69) is 0 Å². The fraction of sp³-hybridized carbons (Fsp3) is 0.300. The van der Waals surface area contributed by atoms with Crippen molar-refractivity contribution in [1.82, 2.24) is 4.90 Å². The molecule has 1 N–H and O–H groups in total. The topological polar surface area (TPSA) is 57.6 Å². The third-order valence-electron chi connectivity index (χ3n) is 4.64. The first-order valence-corrected chi connectivity index (χ1v) is 9.58. The third-order valence-corrected chi connectivity index (χ3v) is 5.44. The molecule has 0 atom stereocenters. The summed E-state index contributed by atoms with van der Waals surface area (Å²) in [5.74, 6) is 0.228. The standard InChI is InChI=1S/C20H21NO3S/c1-25-18-5-3-2-4-17(18)20(24)21-12-10-15(11-13-21)19(23)14-6-8-16(22)9-7-14/h2-9,15,22H,10-13H2,1H3. The van der Waals surface area contributed by atoms with Crippen LogP contribution in [0.3, 0.4) is 0 Å². The highest BCUT2D eigenvalue weighted by Crippen LogP contribution is 2.26. The smallest absolute Gasteiger partial charge is 0.254 e. The molecule has 3 rings (SSSR count). The Kier molecular flexibility index (Phi) is 5.43. The van der Waals surface area contributed by atoms with Gasteiger partial charge in [0.05, 0.1) is 5.56 Å². The van der Waals surface area contributed by atoms with Crippen LogP contribution in [0.4, 0.5) is 0 Å². The van der Waals surface area contributed by atoms with Crippen LogP contribution in [0.25, 0.3) is 0 Å². The first-order valence-electron chi connectivity index (χ1n) is 8.35. The number of hydrogen-bond donors (Lipinski definition) is 1. The zero-order valence-electron chi connectivity index (χ0n) is 14.1. The van der Waals surface area contributed by atoms with E-state index in [1.54, 1.807) is 23.9 Å². The molecule has 2 aromatic carbocycles. The van der Waals surface area contributed by atoms with Gasteiger partial charge in [-0.3, -0.25) is 9.59 Å². The second-order valence-corrected chi connectivity index (χ2v) is 7.03. The van der Waals surface area contributed by atoms with Gasteiger partial charge in [-0.15, -0.1) is 11.8 Å². The molecule has 1 fully saturated rings. The van der Waals surface area contributed by atoms with Crippen molar-refractivity contribution >= 4 is 23.5 Å². The molecule has 0 bridgehead atoms. The lowest BCUT2D eigenvalue weighted by Crippen LogP contribution is -2.40. The molecule has 0 radical (unpaired) electrons. The summed E-state index contributed by atoms with van der Waals surface area (Å²) in [6, 6.07) is 14.0. The molecular weight excluding hydrogens is 334 g/mol. The van der Waals surface area contributed by atoms with Crippen molar-refractivity contribution in [1.29, 1.82) is 0 Å². The molecule has 2 aromatic rings. The highest BCUT2D eigenvalue weighted by Gasteiger charge is 2.29. The Morgan fingerprint density at radius 2 is 1.68 bits per heavy atom. The SMILES string of the molecule is CSc1ccccc1C(=O)N1CCC(C(=O)c2ccc(O)cc2)CC1. The fourth-order valence-electron chi connectivity index (χ4n) is 3.20. The Labute approximate surface area is 151 Å². The molecule has 0 unspecified atom stereocenters. The molecule has 130 valence electrons. The van der Waals surface area contributed by atoms with E-state index in [1.807, 2.05) is 35.4 Å². The van der Waals surface area contributed by atoms with Crippen LogP contribution in [0.2, 0.25) is 0 Å². The summed E-state index contributed by atoms with van der Waals surface area (Å²) in [4.78, 5) is 28.2. The molecule has 25 heavy (non-hydrogen) atoms. The number of carbonyl (C=O) groups is 2. The van der Waals surface area contributed by atoms with E-state index in [0.717, 1.165) is 10.5 Å². The molecule has 0 saturated carbocycles. The van der Waals surface area contributed by atoms with E-state index >= 15 is 0 Å². The minimum atomic E-state index is -0.0654. The molecular formula is C20H21NO3S. The number of rotatable bonds is 4. The normalized spacial score (nSPS) is 15.2. The maximum atomic E-state index is 12.8. The summed E-state index contributed by atoms with van der Waals surface area (Å²) in [6.07, 6.45) is 3.31. The number of piperidine rings is 1. The van der Waals surface area contributed by atoms with E-state index in [1.165, 1.54) is 12.1 Å². The first-order chi connectivity index (χ1) is 12.1. The molecule has 1 aliphatic heterocycles. The Bertz CT molecular complexity index is 765. The summed E-state index contributed by atoms with van der Waals surface area (Å²) in [5.41, 5.74) is 1.36. The lowest BCUT2D eigenvalue weighted by molar-refractivity contribution is 0.0647. The molecule has 5 heteroatoms. The van der Waals surface area contributed by atoms with Gasteiger partial charge in [-0.2, -0.15) is 0 Å². The number of phenols is 1. The van der Waals surface area contributed by atoms with E-state index in [-0.39, 0.29) is 23.4 Å². The average Bonchev–Trinajstić information content (AvgIpc) is 2.67. The molecule has 1 aliphatic rings. The highest BCUT2D eigenvalue weighted by molar-refractivity contribution is 7.98. The number of likely N-dealkylation sites (tertiary alicyclic amines) is 1. The van der Waals surface area contributed by atoms with Crippen LogP contribution >= 0.6 is 11.8 Å². The van der Waals surface area contributed by atoms with Crippen molar-refractivity contribution in [3.05, 3.63) is 59.7 Å². The maximum Gasteiger partial charge on any atom is 0.254 e. The number of benzene rings is 2. The number of ketones is 1. The van der Waals surface area contributed by atoms with Crippen LogP contribution in [0, 0.1) is 5.92 Å². The summed E-state index contributed by atoms with van der Waals surface area (Å²) in [5, 5.41) is 9.34. The molecule has 0 spiro atoms. The summed E-state index contributed by atoms with van der Waals surface area (Å²) < 4.78 is 0. The number of amides is 1. The number of hydrogen-bond acceptors (Lipinski definition) is 4. The third kappa shape index (κ3) is 3.87. The monoisotopic (exact) mass is 355 g/mol. The number of phenolic OH excluding ortho intramolecular Hbond substituents is 1. The lowest BCUT2D eigenvalue weighted by Gasteiger charge is -2.31. The molecule has 1 heterocycles. The van der Waals surface area contributed by atoms with Crippen molar-refractivity contribution in [2.24, 2.45) is 5.92 Å². The summed E-state index contributed by atoms with van der Waals surface area (Å²) in [6.45, 7) is 1.19. The Balaban J connectivity index is 1.64. The van der Waals surface area contributed by atoms with Crippen LogP contribution in [0.15, 0.2) is 53.4 Å². The van der Waals surface area contributed by atoms with Crippen LogP contribution in [-0.2, 0) is 0 Å². The average molecular weight is 355 g/mol. The lowest BCUT2D eigenvalue weighted by atomic mass is 9.88. The van der Waals surface area contributed by atoms with Gasteiger partial charge in [0.25, 0.3) is 5.91 Å². The van der Waals surface area contributed by atoms with E-state index in [9.17, 15) is 14.7 Å². The second-order valence-electron chi connectivity index (χ2n) is 6.18. The zero-order valence-corrected chi connectivity index (χ0v) is 15.0. The minimum absolute atomic E-state index is 0.0421. The Morgan fingerprint density at radius 3 is 2.32 bits per heavy atom. The van der Waals surface area contributed by atoms with Crippen molar-refractivity contribution in [2.45, 2.75) is 17.7 Å². The number of nitrogens with zero attached hydrogens (tertiary/aromatic N) is 1. The summed E-state index contributed by atoms with van der Waals surface area (Å²) in [7, 11) is 0. The first kappa shape index (κ1) is 17.5. The molecule has 0 aliphatic carbocycles. The van der Waals surface area contributed by atoms with Crippen LogP contribution in [0.1, 0.15) is 33.6 Å². The van der Waals surface area contributed by atoms with Crippen LogP contribution < -0.4 is 0 Å². The molecule has 1 amide bonds. The predicted molar refractivity (Wildman–Crippen MR) is 99.3 cm³/mol. The Hall–Kier alpha value is -2.27. The van der Waals surface area contributed by atoms with Gasteiger partial charge in [0.1, 0.15) is 5.75 Å². The van der Waals surface area contributed by atoms with E-state index in [0.29, 0.717) is 31.5 Å². The summed E-state index contributed by atoms with van der Waals surface area (Å²) >= 11 is 1.57. The van der Waals surface area contributed by atoms with Gasteiger partial charge in [0, 0.05) is 29.5 Å². The molecule has 1 saturated heterocycles. The van der Waals surface area contributed by atoms with Crippen molar-refractivity contribution < 1.29 is 14.7 Å². The van der Waals surface area contributed by atoms with Crippen molar-refractivity contribution in [3.8, 4) is 5.75 Å². The van der Waals surface area contributed by atoms with Gasteiger partial charge in [-0.05, 0) is 55.5 Å². The van der Waals surface area contributed by atoms with Crippen molar-refractivity contribution in [3.63, 3.8) is 0 Å². The maximum absolute atomic E-state index is 12.8. The van der Waals surface area contributed by atoms with Gasteiger partial charge >= 0.3 is 0 Å². The van der Waals surface area contributed by atoms with Gasteiger partial charge in [-0.1, -0.05) is 12.1 Å². The molecule has 0 aromatic heterocycles. The number of carbonyl (C=O) groups excluding carboxylic acids is 2. The van der Waals surface area contributed by atoms with Crippen LogP contribution in [-0.4, -0.2) is 41.0 Å². The zero-order chi connectivity index (χ0) is 17.8. The Morgan fingerprint density at radius 1 is 1.04 bits per heavy atom. The molecule has 4 nitrogen and oxygen atoms in total. The quantitative estimate of drug-likeness (QED) is 0.668.